The van der Waals surface area contributed by atoms with E-state index < -0.39 is 35.5 Å². The molecule has 0 N–H and O–H groups in total. The van der Waals surface area contributed by atoms with Crippen LogP contribution in [0.3, 0.4) is 0 Å². The lowest BCUT2D eigenvalue weighted by atomic mass is 9.86. The Balaban J connectivity index is 1.70. The molecule has 64 heavy (non-hydrogen) atoms. The highest BCUT2D eigenvalue weighted by Gasteiger charge is 2.45. The van der Waals surface area contributed by atoms with Crippen LogP contribution in [0.25, 0.3) is 0 Å². The van der Waals surface area contributed by atoms with Crippen molar-refractivity contribution in [3.63, 3.8) is 0 Å². The number of hydrogen-bond acceptors (Lipinski definition) is 13. The summed E-state index contributed by atoms with van der Waals surface area (Å²) in [6, 6.07) is 14.8. The van der Waals surface area contributed by atoms with E-state index in [-0.39, 0.29) is 50.7 Å². The van der Waals surface area contributed by atoms with Gasteiger partial charge < -0.3 is 52.3 Å². The van der Waals surface area contributed by atoms with Crippen molar-refractivity contribution >= 4 is 17.8 Å². The van der Waals surface area contributed by atoms with Crippen molar-refractivity contribution in [1.29, 1.82) is 0 Å². The third-order valence-electron chi connectivity index (χ3n) is 11.1. The predicted octanol–water partition coefficient (Wildman–Crippen LogP) is 7.84. The van der Waals surface area contributed by atoms with E-state index in [0.717, 1.165) is 11.1 Å². The van der Waals surface area contributed by atoms with Gasteiger partial charge in [0.25, 0.3) is 0 Å². The number of fused-ring (bicyclic) bond motifs is 1. The lowest BCUT2D eigenvalue weighted by Crippen LogP contribution is -2.55. The van der Waals surface area contributed by atoms with Gasteiger partial charge in [-0.05, 0) is 57.9 Å². The van der Waals surface area contributed by atoms with Crippen molar-refractivity contribution in [2.45, 2.75) is 78.5 Å². The summed E-state index contributed by atoms with van der Waals surface area (Å²) in [5.41, 5.74) is 3.67. The summed E-state index contributed by atoms with van der Waals surface area (Å²) in [7, 11) is 12.1. The molecule has 0 unspecified atom stereocenters. The van der Waals surface area contributed by atoms with Crippen molar-refractivity contribution in [3.05, 3.63) is 99.1 Å². The third-order valence-corrected chi connectivity index (χ3v) is 11.1. The molecule has 2 atom stereocenters. The molecule has 4 aromatic rings. The maximum Gasteiger partial charge on any atom is 0.410 e. The summed E-state index contributed by atoms with van der Waals surface area (Å²) in [6.45, 7) is 8.78. The molecule has 0 aromatic heterocycles. The summed E-state index contributed by atoms with van der Waals surface area (Å²) < 4.78 is 59.6. The molecule has 1 aliphatic rings. The summed E-state index contributed by atoms with van der Waals surface area (Å²) in [5.74, 6) is 1.77. The van der Waals surface area contributed by atoms with Crippen LogP contribution in [0.4, 0.5) is 4.79 Å². The molecule has 0 aliphatic carbocycles. The minimum Gasteiger partial charge on any atom is -0.497 e. The quantitative estimate of drug-likeness (QED) is 0.0901. The summed E-state index contributed by atoms with van der Waals surface area (Å²) in [6.07, 6.45) is -0.899. The summed E-state index contributed by atoms with van der Waals surface area (Å²) in [5, 5.41) is 0. The first kappa shape index (κ1) is 48.8. The summed E-state index contributed by atoms with van der Waals surface area (Å²) >= 11 is 0. The molecule has 0 bridgehead atoms. The molecular weight excluding hydrogens is 825 g/mol. The molecule has 2 amide bonds. The van der Waals surface area contributed by atoms with Crippen LogP contribution in [0.1, 0.15) is 76.1 Å². The first-order valence-electron chi connectivity index (χ1n) is 20.8. The molecule has 346 valence electrons. The predicted molar refractivity (Wildman–Crippen MR) is 240 cm³/mol. The van der Waals surface area contributed by atoms with Crippen molar-refractivity contribution in [2.24, 2.45) is 0 Å². The minimum atomic E-state index is -1.30. The first-order chi connectivity index (χ1) is 30.6. The first-order valence-corrected chi connectivity index (χ1v) is 20.8. The Bertz CT molecular complexity index is 2270. The van der Waals surface area contributed by atoms with E-state index in [1.807, 2.05) is 61.5 Å². The summed E-state index contributed by atoms with van der Waals surface area (Å²) in [4.78, 5) is 47.1. The van der Waals surface area contributed by atoms with E-state index in [4.69, 9.17) is 47.4 Å². The average molecular weight is 887 g/mol. The van der Waals surface area contributed by atoms with E-state index in [2.05, 4.69) is 0 Å². The fourth-order valence-electron chi connectivity index (χ4n) is 8.13. The van der Waals surface area contributed by atoms with E-state index >= 15 is 4.79 Å². The fourth-order valence-corrected chi connectivity index (χ4v) is 8.13. The van der Waals surface area contributed by atoms with Gasteiger partial charge in [0.2, 0.25) is 5.91 Å². The highest BCUT2D eigenvalue weighted by Crippen LogP contribution is 2.50. The Morgan fingerprint density at radius 3 is 1.78 bits per heavy atom. The number of carbonyl (C=O) groups excluding carboxylic acids is 3. The van der Waals surface area contributed by atoms with Crippen LogP contribution in [-0.2, 0) is 45.2 Å². The molecule has 0 saturated heterocycles. The van der Waals surface area contributed by atoms with Crippen LogP contribution in [0, 0.1) is 13.8 Å². The van der Waals surface area contributed by atoms with Crippen molar-refractivity contribution in [3.8, 4) is 40.2 Å². The normalized spacial score (nSPS) is 14.0. The van der Waals surface area contributed by atoms with E-state index in [9.17, 15) is 9.59 Å². The molecule has 0 fully saturated rings. The number of methoxy groups -OCH3 is 7. The van der Waals surface area contributed by atoms with Crippen LogP contribution in [0.2, 0.25) is 0 Å². The van der Waals surface area contributed by atoms with Crippen LogP contribution < -0.4 is 33.2 Å². The second-order valence-electron chi connectivity index (χ2n) is 16.3. The number of ketones is 1. The number of ether oxygens (including phenoxy) is 10. The molecule has 15 heteroatoms. The Kier molecular flexibility index (Phi) is 16.4. The van der Waals surface area contributed by atoms with Gasteiger partial charge >= 0.3 is 6.09 Å². The maximum absolute atomic E-state index is 15.7. The monoisotopic (exact) mass is 886 g/mol. The molecule has 0 saturated carbocycles. The molecular formula is C49H62N2O13. The standard InChI is InChI=1S/C49H62N2O13/c1-29-41(56-8)34(35(45(60-12)43(29)58-10)27-62-26-32-19-21-33(55-7)22-20-32)23-36(50(6)48(54)64-49(3,4)5)47(53)51-24-38(52)40-39(37(51)28-63-25-31-17-15-14-16-18-31)46(61-13)44(59-11)30(2)42(40)57-9/h14-22,36-37H,23-28H2,1-13H3/t36-,37-/m0/s1. The van der Waals surface area contributed by atoms with Gasteiger partial charge in [-0.1, -0.05) is 42.5 Å². The molecule has 15 nitrogen and oxygen atoms in total. The van der Waals surface area contributed by atoms with Gasteiger partial charge in [0.1, 0.15) is 28.9 Å². The topological polar surface area (TPSA) is 150 Å². The van der Waals surface area contributed by atoms with Crippen molar-refractivity contribution in [2.75, 3.05) is 70.0 Å². The number of carbonyl (C=O) groups is 3. The number of hydrogen-bond donors (Lipinski definition) is 0. The lowest BCUT2D eigenvalue weighted by molar-refractivity contribution is -0.140. The smallest absolute Gasteiger partial charge is 0.410 e. The van der Waals surface area contributed by atoms with E-state index in [0.29, 0.717) is 62.3 Å². The largest absolute Gasteiger partial charge is 0.497 e. The highest BCUT2D eigenvalue weighted by atomic mass is 16.6. The zero-order chi connectivity index (χ0) is 46.9. The van der Waals surface area contributed by atoms with Crippen LogP contribution in [-0.4, -0.2) is 109 Å². The van der Waals surface area contributed by atoms with Gasteiger partial charge in [0.05, 0.1) is 94.3 Å². The number of likely N-dealkylation sites (N-methyl/N-ethyl adjacent to an activating group) is 1. The molecule has 0 spiro atoms. The fraction of sp³-hybridized carbons (Fsp3) is 0.449. The second-order valence-corrected chi connectivity index (χ2v) is 16.3. The number of Topliss-reactive ketones (excluding diaryl/α,β-unsaturated/α-hetero) is 1. The van der Waals surface area contributed by atoms with Gasteiger partial charge in [-0.2, -0.15) is 0 Å². The zero-order valence-electron chi connectivity index (χ0n) is 39.3. The van der Waals surface area contributed by atoms with Crippen molar-refractivity contribution < 1.29 is 61.8 Å². The van der Waals surface area contributed by atoms with Crippen LogP contribution >= 0.6 is 0 Å². The Hall–Kier alpha value is -6.19. The highest BCUT2D eigenvalue weighted by molar-refractivity contribution is 6.06. The van der Waals surface area contributed by atoms with Crippen LogP contribution in [0.15, 0.2) is 54.6 Å². The lowest BCUT2D eigenvalue weighted by Gasteiger charge is -2.41. The molecule has 1 heterocycles. The average Bonchev–Trinajstić information content (AvgIpc) is 3.28. The number of rotatable bonds is 19. The molecule has 1 aliphatic heterocycles. The third kappa shape index (κ3) is 10.4. The maximum atomic E-state index is 15.7. The Morgan fingerprint density at radius 2 is 1.22 bits per heavy atom. The second kappa shape index (κ2) is 21.5. The number of benzene rings is 4. The van der Waals surface area contributed by atoms with Gasteiger partial charge in [0.15, 0.2) is 28.8 Å². The van der Waals surface area contributed by atoms with E-state index in [1.165, 1.54) is 59.5 Å². The minimum absolute atomic E-state index is 0.00371. The van der Waals surface area contributed by atoms with Gasteiger partial charge in [-0.3, -0.25) is 14.5 Å². The zero-order valence-corrected chi connectivity index (χ0v) is 39.3. The Labute approximate surface area is 376 Å². The van der Waals surface area contributed by atoms with Gasteiger partial charge in [-0.15, -0.1) is 0 Å². The van der Waals surface area contributed by atoms with Crippen LogP contribution in [0.5, 0.6) is 40.2 Å². The van der Waals surface area contributed by atoms with Gasteiger partial charge in [0, 0.05) is 41.3 Å². The SMILES string of the molecule is COc1ccc(COCc2c(C[C@@H](C(=O)N3CC(=O)c4c(OC)c(C)c(OC)c(OC)c4[C@@H]3COCc3ccccc3)N(C)C(=O)OC(C)(C)C)c(OC)c(C)c(OC)c2OC)cc1. The number of nitrogens with zero attached hydrogens (tertiary/aromatic N) is 2. The van der Waals surface area contributed by atoms with E-state index in [1.54, 1.807) is 34.8 Å². The van der Waals surface area contributed by atoms with Gasteiger partial charge in [-0.25, -0.2) is 4.79 Å². The molecule has 4 aromatic carbocycles. The molecule has 0 radical (unpaired) electrons. The number of amides is 2. The Morgan fingerprint density at radius 1 is 0.672 bits per heavy atom. The molecule has 5 rings (SSSR count). The van der Waals surface area contributed by atoms with Crippen molar-refractivity contribution in [1.82, 2.24) is 9.80 Å².